The summed E-state index contributed by atoms with van der Waals surface area (Å²) in [7, 11) is 0. The zero-order chi connectivity index (χ0) is 13.2. The number of nitrogens with two attached hydrogens (primary N) is 2. The Labute approximate surface area is 143 Å². The molecule has 4 N–H and O–H groups in total. The lowest BCUT2D eigenvalue weighted by atomic mass is 9.77. The molecule has 0 unspecified atom stereocenters. The molecule has 0 aliphatic heterocycles. The summed E-state index contributed by atoms with van der Waals surface area (Å²) in [6.45, 7) is 0. The summed E-state index contributed by atoms with van der Waals surface area (Å²) in [6, 6.07) is 6.14. The van der Waals surface area contributed by atoms with Gasteiger partial charge in [-0.2, -0.15) is 0 Å². The summed E-state index contributed by atoms with van der Waals surface area (Å²) in [4.78, 5) is 0. The summed E-state index contributed by atoms with van der Waals surface area (Å²) in [6.07, 6.45) is 6.06. The minimum absolute atomic E-state index is 0. The van der Waals surface area contributed by atoms with Crippen LogP contribution in [0.25, 0.3) is 0 Å². The number of halogens is 4. The van der Waals surface area contributed by atoms with Crippen LogP contribution < -0.4 is 11.5 Å². The number of hydrogen-bond donors (Lipinski definition) is 2. The van der Waals surface area contributed by atoms with E-state index >= 15 is 0 Å². The van der Waals surface area contributed by atoms with E-state index in [1.807, 2.05) is 18.2 Å². The van der Waals surface area contributed by atoms with E-state index in [2.05, 4.69) is 0 Å². The monoisotopic (exact) mass is 358 g/mol. The lowest BCUT2D eigenvalue weighted by molar-refractivity contribution is 0.258. The normalized spacial score (nSPS) is 25.5. The van der Waals surface area contributed by atoms with Crippen LogP contribution in [0.1, 0.15) is 37.7 Å². The maximum Gasteiger partial charge on any atom is 0.0595 e. The van der Waals surface area contributed by atoms with Crippen LogP contribution in [-0.2, 0) is 6.42 Å². The molecule has 1 aromatic carbocycles. The molecule has 1 saturated carbocycles. The molecule has 0 spiro atoms. The Morgan fingerprint density at radius 1 is 1.10 bits per heavy atom. The molecule has 0 amide bonds. The van der Waals surface area contributed by atoms with E-state index in [4.69, 9.17) is 34.7 Å². The number of rotatable bonds is 3. The second-order valence-corrected chi connectivity index (χ2v) is 6.26. The Kier molecular flexibility index (Phi) is 8.80. The topological polar surface area (TPSA) is 52.0 Å². The molecule has 0 radical (unpaired) electrons. The van der Waals surface area contributed by atoms with Crippen molar-refractivity contribution in [3.8, 4) is 0 Å². The van der Waals surface area contributed by atoms with Gasteiger partial charge in [-0.3, -0.25) is 0 Å². The van der Waals surface area contributed by atoms with Gasteiger partial charge in [0.2, 0.25) is 0 Å². The average Bonchev–Trinajstić information content (AvgIpc) is 2.35. The molecule has 1 fully saturated rings. The van der Waals surface area contributed by atoms with Gasteiger partial charge in [0.15, 0.2) is 0 Å². The second-order valence-electron chi connectivity index (χ2n) is 5.45. The Morgan fingerprint density at radius 3 is 2.25 bits per heavy atom. The zero-order valence-corrected chi connectivity index (χ0v) is 14.4. The van der Waals surface area contributed by atoms with Crippen molar-refractivity contribution >= 4 is 48.0 Å². The third kappa shape index (κ3) is 5.59. The third-order valence-electron chi connectivity index (χ3n) is 3.92. The molecule has 1 aromatic rings. The van der Waals surface area contributed by atoms with Gasteiger partial charge in [0, 0.05) is 11.6 Å². The first-order valence-corrected chi connectivity index (χ1v) is 7.22. The van der Waals surface area contributed by atoms with E-state index in [1.165, 1.54) is 5.56 Å². The van der Waals surface area contributed by atoms with Gasteiger partial charge in [0.05, 0.1) is 10.0 Å². The van der Waals surface area contributed by atoms with Crippen LogP contribution in [0, 0.1) is 0 Å². The van der Waals surface area contributed by atoms with Gasteiger partial charge in [-0.15, -0.1) is 24.8 Å². The van der Waals surface area contributed by atoms with Gasteiger partial charge in [0.1, 0.15) is 0 Å². The first-order valence-electron chi connectivity index (χ1n) is 6.47. The van der Waals surface area contributed by atoms with Crippen molar-refractivity contribution in [3.05, 3.63) is 33.8 Å². The molecule has 0 atom stereocenters. The molecule has 0 heterocycles. The fourth-order valence-corrected chi connectivity index (χ4v) is 2.87. The summed E-state index contributed by atoms with van der Waals surface area (Å²) in [5, 5.41) is 1.22. The van der Waals surface area contributed by atoms with E-state index in [-0.39, 0.29) is 30.4 Å². The molecule has 116 valence electrons. The standard InChI is InChI=1S/C14H20Cl2N2.2ClH/c15-12-2-1-10(9-13(12)16)3-6-14(18)7-4-11(17)5-8-14;;/h1-2,9,11H,3-8,17-18H2;2*1H. The quantitative estimate of drug-likeness (QED) is 0.841. The number of hydrogen-bond acceptors (Lipinski definition) is 2. The van der Waals surface area contributed by atoms with Crippen molar-refractivity contribution in [2.75, 3.05) is 0 Å². The second kappa shape index (κ2) is 8.67. The predicted octanol–water partition coefficient (Wildman–Crippen LogP) is 4.37. The fourth-order valence-electron chi connectivity index (χ4n) is 2.55. The van der Waals surface area contributed by atoms with Crippen molar-refractivity contribution in [2.24, 2.45) is 11.5 Å². The van der Waals surface area contributed by atoms with Crippen LogP contribution in [-0.4, -0.2) is 11.6 Å². The maximum atomic E-state index is 6.42. The molecule has 1 aliphatic carbocycles. The lowest BCUT2D eigenvalue weighted by Crippen LogP contribution is -2.46. The van der Waals surface area contributed by atoms with Crippen LogP contribution in [0.5, 0.6) is 0 Å². The first kappa shape index (κ1) is 20.3. The molecule has 0 bridgehead atoms. The Morgan fingerprint density at radius 2 is 1.70 bits per heavy atom. The lowest BCUT2D eigenvalue weighted by Gasteiger charge is -2.36. The van der Waals surface area contributed by atoms with Gasteiger partial charge in [-0.05, 0) is 56.2 Å². The molecule has 20 heavy (non-hydrogen) atoms. The molecule has 0 saturated heterocycles. The van der Waals surface area contributed by atoms with Gasteiger partial charge in [-0.1, -0.05) is 29.3 Å². The summed E-state index contributed by atoms with van der Waals surface area (Å²) < 4.78 is 0. The van der Waals surface area contributed by atoms with Gasteiger partial charge in [0.25, 0.3) is 0 Å². The van der Waals surface area contributed by atoms with E-state index in [0.29, 0.717) is 16.1 Å². The average molecular weight is 360 g/mol. The molecular weight excluding hydrogens is 338 g/mol. The predicted molar refractivity (Wildman–Crippen MR) is 92.6 cm³/mol. The van der Waals surface area contributed by atoms with Crippen molar-refractivity contribution in [3.63, 3.8) is 0 Å². The molecule has 0 aromatic heterocycles. The van der Waals surface area contributed by atoms with Crippen LogP contribution in [0.15, 0.2) is 18.2 Å². The van der Waals surface area contributed by atoms with Crippen LogP contribution in [0.2, 0.25) is 10.0 Å². The molecular formula is C14H22Cl4N2. The van der Waals surface area contributed by atoms with Gasteiger partial charge < -0.3 is 11.5 Å². The molecule has 2 rings (SSSR count). The fraction of sp³-hybridized carbons (Fsp3) is 0.571. The summed E-state index contributed by atoms with van der Waals surface area (Å²) >= 11 is 11.9. The highest BCUT2D eigenvalue weighted by molar-refractivity contribution is 6.42. The SMILES string of the molecule is Cl.Cl.NC1CCC(N)(CCc2ccc(Cl)c(Cl)c2)CC1. The Bertz CT molecular complexity index is 418. The maximum absolute atomic E-state index is 6.42. The van der Waals surface area contributed by atoms with E-state index in [1.54, 1.807) is 0 Å². The smallest absolute Gasteiger partial charge is 0.0595 e. The minimum atomic E-state index is -0.0536. The zero-order valence-electron chi connectivity index (χ0n) is 11.3. The summed E-state index contributed by atoms with van der Waals surface area (Å²) in [5.41, 5.74) is 13.5. The van der Waals surface area contributed by atoms with Crippen molar-refractivity contribution < 1.29 is 0 Å². The van der Waals surface area contributed by atoms with Crippen LogP contribution in [0.3, 0.4) is 0 Å². The van der Waals surface area contributed by atoms with Crippen molar-refractivity contribution in [2.45, 2.75) is 50.1 Å². The highest BCUT2D eigenvalue weighted by Crippen LogP contribution is 2.30. The molecule has 1 aliphatic rings. The summed E-state index contributed by atoms with van der Waals surface area (Å²) in [5.74, 6) is 0. The van der Waals surface area contributed by atoms with Crippen LogP contribution in [0.4, 0.5) is 0 Å². The third-order valence-corrected chi connectivity index (χ3v) is 4.66. The largest absolute Gasteiger partial charge is 0.328 e. The van der Waals surface area contributed by atoms with E-state index in [0.717, 1.165) is 38.5 Å². The Balaban J connectivity index is 0.00000180. The molecule has 6 heteroatoms. The van der Waals surface area contributed by atoms with Crippen LogP contribution >= 0.6 is 48.0 Å². The Hall–Kier alpha value is 0.300. The minimum Gasteiger partial charge on any atom is -0.328 e. The van der Waals surface area contributed by atoms with Gasteiger partial charge in [-0.25, -0.2) is 0 Å². The highest BCUT2D eigenvalue weighted by Gasteiger charge is 2.29. The first-order chi connectivity index (χ1) is 8.48. The number of aryl methyl sites for hydroxylation is 1. The van der Waals surface area contributed by atoms with E-state index in [9.17, 15) is 0 Å². The van der Waals surface area contributed by atoms with E-state index < -0.39 is 0 Å². The molecule has 2 nitrogen and oxygen atoms in total. The van der Waals surface area contributed by atoms with Crippen molar-refractivity contribution in [1.82, 2.24) is 0 Å². The highest BCUT2D eigenvalue weighted by atomic mass is 35.5. The van der Waals surface area contributed by atoms with Crippen molar-refractivity contribution in [1.29, 1.82) is 0 Å². The van der Waals surface area contributed by atoms with Gasteiger partial charge >= 0.3 is 0 Å². The number of benzene rings is 1.